The van der Waals surface area contributed by atoms with Crippen LogP contribution < -0.4 is 15.6 Å². The molecule has 0 amide bonds. The number of fused-ring (bicyclic) bond motifs is 1. The molecule has 0 aliphatic heterocycles. The number of benzene rings is 1. The lowest BCUT2D eigenvalue weighted by Crippen LogP contribution is -2.14. The Morgan fingerprint density at radius 3 is 2.87 bits per heavy atom. The van der Waals surface area contributed by atoms with E-state index in [-0.39, 0.29) is 18.8 Å². The van der Waals surface area contributed by atoms with Crippen molar-refractivity contribution in [3.8, 4) is 17.1 Å². The van der Waals surface area contributed by atoms with E-state index in [0.29, 0.717) is 55.6 Å². The molecule has 11 heteroatoms. The first-order chi connectivity index (χ1) is 14.5. The van der Waals surface area contributed by atoms with Crippen LogP contribution in [0.1, 0.15) is 5.82 Å². The molecule has 0 unspecified atom stereocenters. The van der Waals surface area contributed by atoms with Crippen molar-refractivity contribution >= 4 is 50.6 Å². The van der Waals surface area contributed by atoms with Gasteiger partial charge < -0.3 is 20.1 Å². The van der Waals surface area contributed by atoms with Crippen LogP contribution in [-0.4, -0.2) is 38.2 Å². The summed E-state index contributed by atoms with van der Waals surface area (Å²) in [6.45, 7) is 0.419. The summed E-state index contributed by atoms with van der Waals surface area (Å²) in [4.78, 5) is 28.7. The molecule has 3 N–H and O–H groups in total. The second-order valence-electron chi connectivity index (χ2n) is 6.12. The minimum absolute atomic E-state index is 0.000550. The summed E-state index contributed by atoms with van der Waals surface area (Å²) in [5.74, 6) is 0.833. The predicted octanol–water partition coefficient (Wildman–Crippen LogP) is 3.73. The summed E-state index contributed by atoms with van der Waals surface area (Å²) >= 11 is 13.3. The fourth-order valence-electron chi connectivity index (χ4n) is 2.71. The number of hydrogen-bond donors (Lipinski definition) is 3. The van der Waals surface area contributed by atoms with Crippen LogP contribution in [-0.2, 0) is 6.61 Å². The van der Waals surface area contributed by atoms with Crippen molar-refractivity contribution in [1.82, 2.24) is 19.9 Å². The van der Waals surface area contributed by atoms with Gasteiger partial charge in [-0.1, -0.05) is 23.2 Å². The fourth-order valence-corrected chi connectivity index (χ4v) is 3.72. The molecule has 8 nitrogen and oxygen atoms in total. The van der Waals surface area contributed by atoms with E-state index < -0.39 is 0 Å². The second-order valence-corrected chi connectivity index (χ2v) is 7.79. The topological polar surface area (TPSA) is 113 Å². The smallest absolute Gasteiger partial charge is 0.258 e. The van der Waals surface area contributed by atoms with Crippen molar-refractivity contribution in [2.75, 3.05) is 18.5 Å². The molecular weight excluding hydrogens is 449 g/mol. The fraction of sp³-hybridized carbons (Fsp3) is 0.158. The maximum atomic E-state index is 12.6. The third-order valence-electron chi connectivity index (χ3n) is 4.07. The average Bonchev–Trinajstić information content (AvgIpc) is 3.21. The predicted molar refractivity (Wildman–Crippen MR) is 118 cm³/mol. The summed E-state index contributed by atoms with van der Waals surface area (Å²) in [6.07, 6.45) is 1.54. The number of H-pyrrole nitrogens is 1. The molecule has 30 heavy (non-hydrogen) atoms. The van der Waals surface area contributed by atoms with E-state index in [1.165, 1.54) is 11.3 Å². The molecular formula is C19H15Cl2N5O3S. The third-order valence-corrected chi connectivity index (χ3v) is 5.61. The Morgan fingerprint density at radius 1 is 1.20 bits per heavy atom. The van der Waals surface area contributed by atoms with E-state index in [2.05, 4.69) is 25.3 Å². The van der Waals surface area contributed by atoms with Crippen LogP contribution in [0.5, 0.6) is 5.75 Å². The molecule has 0 spiro atoms. The summed E-state index contributed by atoms with van der Waals surface area (Å²) in [6, 6.07) is 6.50. The summed E-state index contributed by atoms with van der Waals surface area (Å²) in [5, 5.41) is 15.6. The highest BCUT2D eigenvalue weighted by molar-refractivity contribution is 7.14. The van der Waals surface area contributed by atoms with Gasteiger partial charge in [-0.25, -0.2) is 9.97 Å². The number of rotatable bonds is 7. The minimum atomic E-state index is -0.301. The Morgan fingerprint density at radius 2 is 2.07 bits per heavy atom. The highest BCUT2D eigenvalue weighted by Crippen LogP contribution is 2.28. The Hall–Kier alpha value is -2.72. The van der Waals surface area contributed by atoms with Gasteiger partial charge in [0.1, 0.15) is 35.1 Å². The van der Waals surface area contributed by atoms with Gasteiger partial charge in [0, 0.05) is 24.2 Å². The largest absolute Gasteiger partial charge is 0.486 e. The van der Waals surface area contributed by atoms with E-state index in [1.54, 1.807) is 30.5 Å². The molecule has 0 saturated carbocycles. The standard InChI is InChI=1S/C19H15Cl2N5O3S/c20-12-2-1-10(7-13(12)21)29-8-15-25-16-11(18(28)26-15)3-4-22-17(16)14-9-30-19(24-14)23-5-6-27/h1-4,7,9,27H,5-6,8H2,(H,23,24)(H,25,26,28). The van der Waals surface area contributed by atoms with Gasteiger partial charge in [0.2, 0.25) is 0 Å². The molecule has 0 aliphatic carbocycles. The molecule has 154 valence electrons. The van der Waals surface area contributed by atoms with E-state index in [0.717, 1.165) is 0 Å². The normalized spacial score (nSPS) is 11.0. The van der Waals surface area contributed by atoms with E-state index >= 15 is 0 Å². The van der Waals surface area contributed by atoms with Gasteiger partial charge in [0.25, 0.3) is 5.56 Å². The molecule has 0 fully saturated rings. The van der Waals surface area contributed by atoms with Gasteiger partial charge in [-0.2, -0.15) is 0 Å². The number of nitrogens with zero attached hydrogens (tertiary/aromatic N) is 3. The summed E-state index contributed by atoms with van der Waals surface area (Å²) in [7, 11) is 0. The highest BCUT2D eigenvalue weighted by atomic mass is 35.5. The number of aromatic amines is 1. The second kappa shape index (κ2) is 8.97. The van der Waals surface area contributed by atoms with E-state index in [9.17, 15) is 4.79 Å². The van der Waals surface area contributed by atoms with Crippen LogP contribution in [0.3, 0.4) is 0 Å². The number of aliphatic hydroxyl groups is 1. The van der Waals surface area contributed by atoms with Gasteiger partial charge in [0.05, 0.1) is 22.0 Å². The van der Waals surface area contributed by atoms with Crippen molar-refractivity contribution in [2.24, 2.45) is 0 Å². The molecule has 1 aromatic carbocycles. The van der Waals surface area contributed by atoms with Crippen LogP contribution in [0.25, 0.3) is 22.3 Å². The van der Waals surface area contributed by atoms with E-state index in [4.69, 9.17) is 33.0 Å². The monoisotopic (exact) mass is 463 g/mol. The van der Waals surface area contributed by atoms with Crippen molar-refractivity contribution in [1.29, 1.82) is 0 Å². The van der Waals surface area contributed by atoms with Crippen molar-refractivity contribution < 1.29 is 9.84 Å². The number of hydrogen-bond acceptors (Lipinski definition) is 8. The Labute approximate surface area is 184 Å². The number of pyridine rings is 1. The number of ether oxygens (including phenoxy) is 1. The SMILES string of the molecule is O=c1[nH]c(COc2ccc(Cl)c(Cl)c2)nc2c(-c3csc(NCCO)n3)nccc12. The molecule has 3 heterocycles. The van der Waals surface area contributed by atoms with Crippen molar-refractivity contribution in [2.45, 2.75) is 6.61 Å². The first kappa shape index (κ1) is 20.5. The molecule has 4 aromatic rings. The van der Waals surface area contributed by atoms with Crippen molar-refractivity contribution in [3.63, 3.8) is 0 Å². The van der Waals surface area contributed by atoms with Gasteiger partial charge in [-0.15, -0.1) is 11.3 Å². The van der Waals surface area contributed by atoms with E-state index in [1.807, 2.05) is 5.38 Å². The van der Waals surface area contributed by atoms with Crippen LogP contribution >= 0.6 is 34.5 Å². The number of aliphatic hydroxyl groups excluding tert-OH is 1. The van der Waals surface area contributed by atoms with Crippen LogP contribution in [0, 0.1) is 0 Å². The molecule has 4 rings (SSSR count). The average molecular weight is 464 g/mol. The highest BCUT2D eigenvalue weighted by Gasteiger charge is 2.14. The molecule has 0 saturated heterocycles. The number of anilines is 1. The number of aromatic nitrogens is 4. The van der Waals surface area contributed by atoms with Crippen molar-refractivity contribution in [3.05, 3.63) is 62.1 Å². The number of thiazole rings is 1. The van der Waals surface area contributed by atoms with Gasteiger partial charge in [-0.05, 0) is 18.2 Å². The Bertz CT molecular complexity index is 1260. The third kappa shape index (κ3) is 4.39. The molecule has 0 aliphatic rings. The summed E-state index contributed by atoms with van der Waals surface area (Å²) < 4.78 is 5.68. The first-order valence-corrected chi connectivity index (χ1v) is 10.4. The van der Waals surface area contributed by atoms with Gasteiger partial charge in [-0.3, -0.25) is 9.78 Å². The number of nitrogens with one attached hydrogen (secondary N) is 2. The number of halogens is 2. The molecule has 0 atom stereocenters. The maximum absolute atomic E-state index is 12.6. The zero-order valence-corrected chi connectivity index (χ0v) is 17.7. The zero-order valence-electron chi connectivity index (χ0n) is 15.4. The summed E-state index contributed by atoms with van der Waals surface area (Å²) in [5.41, 5.74) is 1.20. The van der Waals surface area contributed by atoms with Gasteiger partial charge >= 0.3 is 0 Å². The maximum Gasteiger partial charge on any atom is 0.258 e. The van der Waals surface area contributed by atoms with Crippen LogP contribution in [0.2, 0.25) is 10.0 Å². The lowest BCUT2D eigenvalue weighted by molar-refractivity contribution is 0.296. The minimum Gasteiger partial charge on any atom is -0.486 e. The Kier molecular flexibility index (Phi) is 6.14. The van der Waals surface area contributed by atoms with Gasteiger partial charge in [0.15, 0.2) is 5.13 Å². The molecule has 0 bridgehead atoms. The zero-order chi connectivity index (χ0) is 21.1. The Balaban J connectivity index is 1.66. The molecule has 0 radical (unpaired) electrons. The first-order valence-electron chi connectivity index (χ1n) is 8.81. The van der Waals surface area contributed by atoms with Crippen LogP contribution in [0.15, 0.2) is 40.6 Å². The quantitative estimate of drug-likeness (QED) is 0.382. The van der Waals surface area contributed by atoms with Crippen LogP contribution in [0.4, 0.5) is 5.13 Å². The molecule has 3 aromatic heterocycles. The lowest BCUT2D eigenvalue weighted by atomic mass is 10.2. The lowest BCUT2D eigenvalue weighted by Gasteiger charge is -2.08.